The molecule has 0 spiro atoms. The van der Waals surface area contributed by atoms with Crippen molar-refractivity contribution in [2.75, 3.05) is 13.7 Å². The van der Waals surface area contributed by atoms with E-state index in [1.54, 1.807) is 26.2 Å². The Morgan fingerprint density at radius 3 is 2.37 bits per heavy atom. The topological polar surface area (TPSA) is 95.7 Å². The van der Waals surface area contributed by atoms with Gasteiger partial charge in [0, 0.05) is 0 Å². The van der Waals surface area contributed by atoms with Crippen LogP contribution < -0.4 is 9.47 Å². The molecule has 0 unspecified atom stereocenters. The van der Waals surface area contributed by atoms with Crippen LogP contribution in [0.3, 0.4) is 0 Å². The van der Waals surface area contributed by atoms with Crippen molar-refractivity contribution in [2.45, 2.75) is 13.5 Å². The Kier molecular flexibility index (Phi) is 5.55. The molecule has 0 radical (unpaired) electrons. The lowest BCUT2D eigenvalue weighted by atomic mass is 10.2. The summed E-state index contributed by atoms with van der Waals surface area (Å²) in [6, 6.07) is 13.5. The van der Waals surface area contributed by atoms with Gasteiger partial charge in [-0.05, 0) is 48.9 Å². The largest absolute Gasteiger partial charge is 0.508 e. The monoisotopic (exact) mass is 369 g/mol. The molecule has 0 aliphatic rings. The van der Waals surface area contributed by atoms with E-state index >= 15 is 0 Å². The van der Waals surface area contributed by atoms with Gasteiger partial charge in [0.1, 0.15) is 17.2 Å². The van der Waals surface area contributed by atoms with E-state index in [1.807, 2.05) is 24.3 Å². The van der Waals surface area contributed by atoms with Crippen molar-refractivity contribution in [2.24, 2.45) is 0 Å². The number of hydrogen-bond donors (Lipinski definition) is 1. The van der Waals surface area contributed by atoms with Crippen LogP contribution in [0.1, 0.15) is 23.0 Å². The van der Waals surface area contributed by atoms with Crippen molar-refractivity contribution in [1.82, 2.24) is 15.0 Å². The maximum Gasteiger partial charge on any atom is 0.362 e. The molecule has 1 aromatic heterocycles. The third-order valence-corrected chi connectivity index (χ3v) is 3.72. The van der Waals surface area contributed by atoms with Gasteiger partial charge in [0.2, 0.25) is 5.69 Å². The zero-order chi connectivity index (χ0) is 19.2. The molecule has 0 aliphatic heterocycles. The van der Waals surface area contributed by atoms with Gasteiger partial charge < -0.3 is 19.3 Å². The molecule has 8 heteroatoms. The fourth-order valence-corrected chi connectivity index (χ4v) is 2.40. The number of rotatable bonds is 7. The average Bonchev–Trinajstić information content (AvgIpc) is 3.06. The minimum absolute atomic E-state index is 0.0349. The molecule has 2 aromatic carbocycles. The van der Waals surface area contributed by atoms with Gasteiger partial charge in [-0.15, -0.1) is 0 Å². The molecule has 0 aliphatic carbocycles. The number of hydrogen-bond acceptors (Lipinski definition) is 7. The van der Waals surface area contributed by atoms with E-state index in [0.717, 1.165) is 11.3 Å². The molecule has 8 nitrogen and oxygen atoms in total. The van der Waals surface area contributed by atoms with Gasteiger partial charge >= 0.3 is 5.97 Å². The second-order valence-electron chi connectivity index (χ2n) is 5.57. The molecule has 0 saturated heterocycles. The fraction of sp³-hybridized carbons (Fsp3) is 0.211. The number of aromatic hydroxyl groups is 1. The quantitative estimate of drug-likeness (QED) is 0.640. The molecule has 3 rings (SSSR count). The third kappa shape index (κ3) is 4.35. The van der Waals surface area contributed by atoms with E-state index in [-0.39, 0.29) is 23.9 Å². The van der Waals surface area contributed by atoms with Gasteiger partial charge in [-0.3, -0.25) is 0 Å². The summed E-state index contributed by atoms with van der Waals surface area (Å²) in [5, 5.41) is 17.4. The van der Waals surface area contributed by atoms with Crippen molar-refractivity contribution in [3.05, 3.63) is 59.8 Å². The van der Waals surface area contributed by atoms with Crippen LogP contribution in [0.5, 0.6) is 23.1 Å². The van der Waals surface area contributed by atoms with Crippen LogP contribution >= 0.6 is 0 Å². The number of benzene rings is 2. The molecule has 0 amide bonds. The number of phenolic OH excluding ortho intramolecular Hbond substituents is 1. The third-order valence-electron chi connectivity index (χ3n) is 3.72. The number of phenols is 1. The number of carbonyl (C=O) groups is 1. The Labute approximate surface area is 155 Å². The Hall–Kier alpha value is -3.55. The number of esters is 1. The van der Waals surface area contributed by atoms with E-state index in [2.05, 4.69) is 10.3 Å². The molecule has 0 bridgehead atoms. The smallest absolute Gasteiger partial charge is 0.362 e. The summed E-state index contributed by atoms with van der Waals surface area (Å²) in [5.41, 5.74) is 1.02. The molecular weight excluding hydrogens is 350 g/mol. The van der Waals surface area contributed by atoms with Crippen LogP contribution in [0, 0.1) is 0 Å². The SMILES string of the molecule is CCOC(=O)c1c(Oc2ccc(O)cc2)nnn1Cc1ccc(OC)cc1. The summed E-state index contributed by atoms with van der Waals surface area (Å²) < 4.78 is 17.4. The zero-order valence-electron chi connectivity index (χ0n) is 15.0. The maximum absolute atomic E-state index is 12.4. The molecule has 1 heterocycles. The van der Waals surface area contributed by atoms with Crippen molar-refractivity contribution >= 4 is 5.97 Å². The minimum Gasteiger partial charge on any atom is -0.508 e. The number of ether oxygens (including phenoxy) is 3. The first-order valence-corrected chi connectivity index (χ1v) is 8.31. The first kappa shape index (κ1) is 18.2. The highest BCUT2D eigenvalue weighted by Gasteiger charge is 2.24. The summed E-state index contributed by atoms with van der Waals surface area (Å²) in [6.07, 6.45) is 0. The zero-order valence-corrected chi connectivity index (χ0v) is 15.0. The van der Waals surface area contributed by atoms with Crippen LogP contribution in [-0.2, 0) is 11.3 Å². The van der Waals surface area contributed by atoms with Gasteiger partial charge in [0.25, 0.3) is 5.88 Å². The van der Waals surface area contributed by atoms with Crippen LogP contribution in [-0.4, -0.2) is 39.8 Å². The summed E-state index contributed by atoms with van der Waals surface area (Å²) in [5.74, 6) is 0.711. The summed E-state index contributed by atoms with van der Waals surface area (Å²) in [6.45, 7) is 2.24. The molecule has 0 saturated carbocycles. The average molecular weight is 369 g/mol. The first-order valence-electron chi connectivity index (χ1n) is 8.31. The maximum atomic E-state index is 12.4. The van der Waals surface area contributed by atoms with Gasteiger partial charge in [0.15, 0.2) is 0 Å². The Morgan fingerprint density at radius 2 is 1.74 bits per heavy atom. The van der Waals surface area contributed by atoms with E-state index in [1.165, 1.54) is 16.8 Å². The second-order valence-corrected chi connectivity index (χ2v) is 5.57. The summed E-state index contributed by atoms with van der Waals surface area (Å²) in [4.78, 5) is 12.4. The molecule has 0 fully saturated rings. The predicted molar refractivity (Wildman–Crippen MR) is 96.3 cm³/mol. The number of nitrogens with zero attached hydrogens (tertiary/aromatic N) is 3. The van der Waals surface area contributed by atoms with Crippen molar-refractivity contribution in [1.29, 1.82) is 0 Å². The van der Waals surface area contributed by atoms with Gasteiger partial charge in [-0.1, -0.05) is 22.4 Å². The first-order chi connectivity index (χ1) is 13.1. The number of aromatic nitrogens is 3. The van der Waals surface area contributed by atoms with Crippen molar-refractivity contribution < 1.29 is 24.1 Å². The Bertz CT molecular complexity index is 904. The Balaban J connectivity index is 1.89. The van der Waals surface area contributed by atoms with Crippen molar-refractivity contribution in [3.63, 3.8) is 0 Å². The van der Waals surface area contributed by atoms with E-state index in [0.29, 0.717) is 12.3 Å². The molecule has 140 valence electrons. The van der Waals surface area contributed by atoms with Crippen LogP contribution in [0.4, 0.5) is 0 Å². The summed E-state index contributed by atoms with van der Waals surface area (Å²) in [7, 11) is 1.60. The van der Waals surface area contributed by atoms with Crippen LogP contribution in [0.2, 0.25) is 0 Å². The predicted octanol–water partition coefficient (Wildman–Crippen LogP) is 3.01. The van der Waals surface area contributed by atoms with Crippen molar-refractivity contribution in [3.8, 4) is 23.1 Å². The lowest BCUT2D eigenvalue weighted by molar-refractivity contribution is 0.0509. The highest BCUT2D eigenvalue weighted by atomic mass is 16.5. The number of methoxy groups -OCH3 is 1. The molecule has 0 atom stereocenters. The van der Waals surface area contributed by atoms with Crippen LogP contribution in [0.15, 0.2) is 48.5 Å². The van der Waals surface area contributed by atoms with Gasteiger partial charge in [-0.25, -0.2) is 9.48 Å². The second kappa shape index (κ2) is 8.22. The lowest BCUT2D eigenvalue weighted by Gasteiger charge is -2.09. The lowest BCUT2D eigenvalue weighted by Crippen LogP contribution is -2.15. The normalized spacial score (nSPS) is 10.4. The molecule has 27 heavy (non-hydrogen) atoms. The fourth-order valence-electron chi connectivity index (χ4n) is 2.40. The summed E-state index contributed by atoms with van der Waals surface area (Å²) >= 11 is 0. The van der Waals surface area contributed by atoms with E-state index in [9.17, 15) is 9.90 Å². The standard InChI is InChI=1S/C19H19N3O5/c1-3-26-19(24)17-18(27-16-10-6-14(23)7-11-16)20-21-22(17)12-13-4-8-15(25-2)9-5-13/h4-11,23H,3,12H2,1-2H3. The van der Waals surface area contributed by atoms with Gasteiger partial charge in [-0.2, -0.15) is 0 Å². The molecule has 3 aromatic rings. The Morgan fingerprint density at radius 1 is 1.07 bits per heavy atom. The highest BCUT2D eigenvalue weighted by molar-refractivity contribution is 5.90. The minimum atomic E-state index is -0.579. The number of carbonyl (C=O) groups excluding carboxylic acids is 1. The van der Waals surface area contributed by atoms with E-state index < -0.39 is 5.97 Å². The van der Waals surface area contributed by atoms with E-state index in [4.69, 9.17) is 14.2 Å². The van der Waals surface area contributed by atoms with Gasteiger partial charge in [0.05, 0.1) is 20.3 Å². The molecular formula is C19H19N3O5. The molecule has 1 N–H and O–H groups in total. The highest BCUT2D eigenvalue weighted by Crippen LogP contribution is 2.26. The van der Waals surface area contributed by atoms with Crippen LogP contribution in [0.25, 0.3) is 0 Å².